The van der Waals surface area contributed by atoms with Crippen molar-refractivity contribution in [3.05, 3.63) is 35.9 Å². The van der Waals surface area contributed by atoms with Crippen molar-refractivity contribution in [1.82, 2.24) is 5.32 Å². The number of benzene rings is 1. The topological polar surface area (TPSA) is 41.5 Å². The third kappa shape index (κ3) is 24.6. The average molecular weight is 723 g/mol. The van der Waals surface area contributed by atoms with E-state index >= 15 is 0 Å². The van der Waals surface area contributed by atoms with Gasteiger partial charge in [-0.1, -0.05) is 212 Å². The van der Waals surface area contributed by atoms with E-state index in [2.05, 4.69) is 63.3 Å². The van der Waals surface area contributed by atoms with Crippen molar-refractivity contribution < 1.29 is 9.28 Å². The zero-order valence-electron chi connectivity index (χ0n) is 35.4. The maximum absolute atomic E-state index is 12.6. The number of hydrogen-bond donors (Lipinski definition) is 1. The van der Waals surface area contributed by atoms with Gasteiger partial charge in [0, 0.05) is 31.4 Å². The van der Waals surface area contributed by atoms with E-state index in [1.165, 1.54) is 172 Å². The number of rotatable bonds is 36. The average Bonchev–Trinajstić information content (AvgIpc) is 3.52. The molecule has 0 fully saturated rings. The highest BCUT2D eigenvalue weighted by Crippen LogP contribution is 2.25. The molecule has 4 nitrogen and oxygen atoms in total. The van der Waals surface area contributed by atoms with E-state index in [0.29, 0.717) is 6.42 Å². The molecule has 0 saturated carbocycles. The first-order chi connectivity index (χ1) is 25.4. The number of unbranched alkanes of at least 4 members (excludes halogenated alkanes) is 22. The molecule has 0 radical (unpaired) electrons. The van der Waals surface area contributed by atoms with Crippen LogP contribution in [0.25, 0.3) is 0 Å². The minimum Gasteiger partial charge on any atom is -0.356 e. The Morgan fingerprint density at radius 2 is 1.04 bits per heavy atom. The Hall–Kier alpha value is -1.68. The van der Waals surface area contributed by atoms with E-state index < -0.39 is 0 Å². The number of hydrogen-bond acceptors (Lipinski definition) is 2. The van der Waals surface area contributed by atoms with Crippen molar-refractivity contribution in [2.24, 2.45) is 16.8 Å². The first-order valence-corrected chi connectivity index (χ1v) is 23.1. The van der Waals surface area contributed by atoms with Crippen LogP contribution < -0.4 is 5.32 Å². The molecular weight excluding hydrogens is 635 g/mol. The monoisotopic (exact) mass is 723 g/mol. The van der Waals surface area contributed by atoms with Crippen LogP contribution in [0, 0.1) is 11.8 Å². The predicted octanol–water partition coefficient (Wildman–Crippen LogP) is 14.2. The maximum atomic E-state index is 12.6. The van der Waals surface area contributed by atoms with E-state index in [4.69, 9.17) is 4.99 Å². The second-order valence-corrected chi connectivity index (χ2v) is 17.6. The molecule has 0 spiro atoms. The number of carbonyl (C=O) groups excluding carboxylic acids is 1. The van der Waals surface area contributed by atoms with Gasteiger partial charge in [0.1, 0.15) is 13.1 Å². The third-order valence-corrected chi connectivity index (χ3v) is 11.7. The number of nitrogens with one attached hydrogen (secondary N) is 1. The number of aliphatic imine (C=N–C) groups is 1. The molecular formula is C48H88N3O+. The van der Waals surface area contributed by atoms with Crippen LogP contribution in [0.4, 0.5) is 0 Å². The van der Waals surface area contributed by atoms with Crippen LogP contribution in [0.2, 0.25) is 0 Å². The fourth-order valence-corrected chi connectivity index (χ4v) is 8.30. The Labute approximate surface area is 324 Å². The van der Waals surface area contributed by atoms with Crippen molar-refractivity contribution in [2.45, 2.75) is 220 Å². The van der Waals surface area contributed by atoms with Gasteiger partial charge in [0.25, 0.3) is 0 Å². The summed E-state index contributed by atoms with van der Waals surface area (Å²) in [7, 11) is 0. The molecule has 1 aromatic rings. The Morgan fingerprint density at radius 1 is 0.596 bits per heavy atom. The molecule has 2 rings (SSSR count). The van der Waals surface area contributed by atoms with E-state index in [9.17, 15) is 4.79 Å². The van der Waals surface area contributed by atoms with Crippen LogP contribution >= 0.6 is 0 Å². The smallest absolute Gasteiger partial charge is 0.219 e. The van der Waals surface area contributed by atoms with Crippen LogP contribution in [0.15, 0.2) is 35.3 Å². The number of amides is 1. The fourth-order valence-electron chi connectivity index (χ4n) is 8.30. The van der Waals surface area contributed by atoms with E-state index in [-0.39, 0.29) is 5.91 Å². The molecule has 1 atom stereocenters. The lowest BCUT2D eigenvalue weighted by atomic mass is 10.0. The second kappa shape index (κ2) is 31.6. The molecule has 4 heteroatoms. The van der Waals surface area contributed by atoms with Gasteiger partial charge < -0.3 is 5.32 Å². The van der Waals surface area contributed by atoms with Gasteiger partial charge in [0.05, 0.1) is 13.1 Å². The molecule has 1 aliphatic heterocycles. The summed E-state index contributed by atoms with van der Waals surface area (Å²) in [6.07, 6.45) is 38.5. The Kier molecular flexibility index (Phi) is 28.3. The van der Waals surface area contributed by atoms with Gasteiger partial charge in [0.2, 0.25) is 5.91 Å². The Balaban J connectivity index is 1.54. The van der Waals surface area contributed by atoms with Crippen LogP contribution in [0.3, 0.4) is 0 Å². The van der Waals surface area contributed by atoms with Gasteiger partial charge in [-0.15, -0.1) is 0 Å². The molecule has 0 aromatic heterocycles. The molecule has 1 amide bonds. The Morgan fingerprint density at radius 3 is 1.52 bits per heavy atom. The van der Waals surface area contributed by atoms with Gasteiger partial charge >= 0.3 is 0 Å². The normalized spacial score (nSPS) is 15.9. The quantitative estimate of drug-likeness (QED) is 0.0544. The molecule has 52 heavy (non-hydrogen) atoms. The molecule has 1 N–H and O–H groups in total. The molecule has 0 bridgehead atoms. The van der Waals surface area contributed by atoms with Crippen molar-refractivity contribution in [3.63, 3.8) is 0 Å². The first kappa shape index (κ1) is 46.5. The summed E-state index contributed by atoms with van der Waals surface area (Å²) in [6, 6.07) is 11.0. The summed E-state index contributed by atoms with van der Waals surface area (Å²) in [4.78, 5) is 17.7. The largest absolute Gasteiger partial charge is 0.356 e. The minimum absolute atomic E-state index is 0.246. The zero-order valence-corrected chi connectivity index (χ0v) is 35.4. The summed E-state index contributed by atoms with van der Waals surface area (Å²) in [5.41, 5.74) is 1.41. The summed E-state index contributed by atoms with van der Waals surface area (Å²) in [5.74, 6) is 3.39. The van der Waals surface area contributed by atoms with E-state index in [0.717, 1.165) is 68.3 Å². The SMILES string of the molecule is CC(C)CCCCCCCCCCCCCCC(=O)NCCC[N+]1(Cc2ccccc2)CCN=C1CCCCCCCCCCCCCCC(C)C. The highest BCUT2D eigenvalue weighted by atomic mass is 16.1. The highest BCUT2D eigenvalue weighted by Gasteiger charge is 2.37. The summed E-state index contributed by atoms with van der Waals surface area (Å²) in [6.45, 7) is 14.3. The summed E-state index contributed by atoms with van der Waals surface area (Å²) < 4.78 is 0.996. The number of amidine groups is 1. The molecule has 1 unspecified atom stereocenters. The molecule has 1 heterocycles. The van der Waals surface area contributed by atoms with Gasteiger partial charge in [0.15, 0.2) is 5.84 Å². The van der Waals surface area contributed by atoms with Crippen LogP contribution in [-0.2, 0) is 11.3 Å². The summed E-state index contributed by atoms with van der Waals surface area (Å²) in [5, 5.41) is 3.26. The second-order valence-electron chi connectivity index (χ2n) is 17.6. The number of nitrogens with zero attached hydrogens (tertiary/aromatic N) is 2. The van der Waals surface area contributed by atoms with Gasteiger partial charge in [-0.25, -0.2) is 4.99 Å². The maximum Gasteiger partial charge on any atom is 0.219 e. The van der Waals surface area contributed by atoms with Crippen LogP contribution in [-0.4, -0.2) is 42.4 Å². The van der Waals surface area contributed by atoms with Gasteiger partial charge in [-0.3, -0.25) is 9.28 Å². The highest BCUT2D eigenvalue weighted by molar-refractivity contribution is 5.77. The third-order valence-electron chi connectivity index (χ3n) is 11.7. The van der Waals surface area contributed by atoms with Gasteiger partial charge in [-0.2, -0.15) is 0 Å². The lowest BCUT2D eigenvalue weighted by Gasteiger charge is -2.35. The molecule has 0 aliphatic carbocycles. The van der Waals surface area contributed by atoms with Crippen molar-refractivity contribution in [3.8, 4) is 0 Å². The number of carbonyl (C=O) groups is 1. The number of quaternary nitrogens is 1. The van der Waals surface area contributed by atoms with Gasteiger partial charge in [-0.05, 0) is 24.7 Å². The van der Waals surface area contributed by atoms with E-state index in [1.54, 1.807) is 0 Å². The van der Waals surface area contributed by atoms with Crippen LogP contribution in [0.5, 0.6) is 0 Å². The summed E-state index contributed by atoms with van der Waals surface area (Å²) >= 11 is 0. The fraction of sp³-hybridized carbons (Fsp3) is 0.833. The standard InChI is InChI=1S/C48H87N3O/c1-44(2)33-26-21-17-13-9-5-7-11-15-19-23-30-37-47-49-40-42-51(47,43-46-35-28-25-29-36-46)41-32-39-50-48(52)38-31-24-20-16-12-8-6-10-14-18-22-27-34-45(3)4/h25,28-29,35-36,44-45H,5-24,26-27,30-34,37-43H2,1-4H3/p+1. The van der Waals surface area contributed by atoms with E-state index in [1.807, 2.05) is 0 Å². The van der Waals surface area contributed by atoms with Crippen molar-refractivity contribution >= 4 is 11.7 Å². The molecule has 300 valence electrons. The van der Waals surface area contributed by atoms with Crippen molar-refractivity contribution in [2.75, 3.05) is 26.2 Å². The zero-order chi connectivity index (χ0) is 37.4. The lowest BCUT2D eigenvalue weighted by Crippen LogP contribution is -2.51. The van der Waals surface area contributed by atoms with Crippen molar-refractivity contribution in [1.29, 1.82) is 0 Å². The van der Waals surface area contributed by atoms with Crippen LogP contribution in [0.1, 0.15) is 219 Å². The molecule has 1 aromatic carbocycles. The predicted molar refractivity (Wildman–Crippen MR) is 229 cm³/mol. The Bertz CT molecular complexity index is 989. The first-order valence-electron chi connectivity index (χ1n) is 23.1. The molecule has 1 aliphatic rings. The minimum atomic E-state index is 0.246. The lowest BCUT2D eigenvalue weighted by molar-refractivity contribution is -0.850. The molecule has 0 saturated heterocycles.